The van der Waals surface area contributed by atoms with Gasteiger partial charge in [0, 0.05) is 17.5 Å². The molecule has 0 spiro atoms. The number of benzene rings is 1. The van der Waals surface area contributed by atoms with Gasteiger partial charge in [-0.15, -0.1) is 0 Å². The highest BCUT2D eigenvalue weighted by Crippen LogP contribution is 2.50. The van der Waals surface area contributed by atoms with Crippen molar-refractivity contribution >= 4 is 0 Å². The first-order valence-corrected chi connectivity index (χ1v) is 5.40. The maximum atomic E-state index is 13.0. The lowest BCUT2D eigenvalue weighted by Gasteiger charge is -2.30. The molecule has 1 aliphatic carbocycles. The summed E-state index contributed by atoms with van der Waals surface area (Å²) in [5.41, 5.74) is 7.27. The Kier molecular flexibility index (Phi) is 1.80. The number of hydrogen-bond acceptors (Lipinski definition) is 2. The molecule has 3 rings (SSSR count). The first-order valence-electron chi connectivity index (χ1n) is 5.40. The van der Waals surface area contributed by atoms with Crippen molar-refractivity contribution in [2.24, 2.45) is 5.73 Å². The summed E-state index contributed by atoms with van der Waals surface area (Å²) in [5, 5.41) is 0. The lowest BCUT2D eigenvalue weighted by Crippen LogP contribution is -2.34. The van der Waals surface area contributed by atoms with E-state index in [9.17, 15) is 4.39 Å². The second-order valence-electron chi connectivity index (χ2n) is 4.61. The third-order valence-electron chi connectivity index (χ3n) is 3.54. The minimum atomic E-state index is -0.240. The van der Waals surface area contributed by atoms with Gasteiger partial charge in [0.15, 0.2) is 0 Å². The van der Waals surface area contributed by atoms with Crippen LogP contribution in [-0.4, -0.2) is 12.1 Å². The van der Waals surface area contributed by atoms with E-state index in [2.05, 4.69) is 0 Å². The largest absolute Gasteiger partial charge is 0.493 e. The fraction of sp³-hybridized carbons (Fsp3) is 0.500. The molecule has 80 valence electrons. The van der Waals surface area contributed by atoms with Crippen LogP contribution < -0.4 is 10.5 Å². The van der Waals surface area contributed by atoms with Crippen LogP contribution in [-0.2, 0) is 0 Å². The normalized spacial score (nSPS) is 26.7. The summed E-state index contributed by atoms with van der Waals surface area (Å²) in [6.45, 7) is 0.653. The Morgan fingerprint density at radius 3 is 2.93 bits per heavy atom. The van der Waals surface area contributed by atoms with Crippen LogP contribution in [0.4, 0.5) is 4.39 Å². The number of hydrogen-bond donors (Lipinski definition) is 1. The van der Waals surface area contributed by atoms with Gasteiger partial charge in [0.25, 0.3) is 0 Å². The van der Waals surface area contributed by atoms with Gasteiger partial charge in [0.05, 0.1) is 6.61 Å². The van der Waals surface area contributed by atoms with Crippen molar-refractivity contribution in [3.05, 3.63) is 29.6 Å². The Balaban J connectivity index is 2.03. The molecule has 1 aromatic carbocycles. The standard InChI is InChI=1S/C12H14FNO/c13-8-1-2-9-10(12(14)4-5-12)3-6-15-11(9)7-8/h1-2,7,10H,3-6,14H2. The Hall–Kier alpha value is -1.09. The summed E-state index contributed by atoms with van der Waals surface area (Å²) in [6, 6.07) is 4.78. The summed E-state index contributed by atoms with van der Waals surface area (Å²) < 4.78 is 18.5. The second-order valence-corrected chi connectivity index (χ2v) is 4.61. The van der Waals surface area contributed by atoms with E-state index in [-0.39, 0.29) is 11.4 Å². The van der Waals surface area contributed by atoms with E-state index in [0.717, 1.165) is 24.8 Å². The fourth-order valence-electron chi connectivity index (χ4n) is 2.45. The molecule has 2 nitrogen and oxygen atoms in total. The predicted octanol–water partition coefficient (Wildman–Crippen LogP) is 2.18. The third kappa shape index (κ3) is 1.42. The molecule has 1 aliphatic heterocycles. The lowest BCUT2D eigenvalue weighted by atomic mass is 9.85. The molecular weight excluding hydrogens is 193 g/mol. The van der Waals surface area contributed by atoms with Crippen molar-refractivity contribution in [2.75, 3.05) is 6.61 Å². The highest BCUT2D eigenvalue weighted by molar-refractivity contribution is 5.41. The van der Waals surface area contributed by atoms with Crippen LogP contribution in [0.1, 0.15) is 30.7 Å². The summed E-state index contributed by atoms with van der Waals surface area (Å²) in [6.07, 6.45) is 3.11. The molecule has 0 saturated heterocycles. The monoisotopic (exact) mass is 207 g/mol. The van der Waals surface area contributed by atoms with Gasteiger partial charge in [-0.05, 0) is 30.9 Å². The van der Waals surface area contributed by atoms with Gasteiger partial charge in [-0.3, -0.25) is 0 Å². The van der Waals surface area contributed by atoms with E-state index >= 15 is 0 Å². The van der Waals surface area contributed by atoms with Gasteiger partial charge in [-0.2, -0.15) is 0 Å². The topological polar surface area (TPSA) is 35.2 Å². The van der Waals surface area contributed by atoms with Crippen LogP contribution in [0.15, 0.2) is 18.2 Å². The Labute approximate surface area is 88.2 Å². The van der Waals surface area contributed by atoms with E-state index in [1.807, 2.05) is 6.07 Å². The maximum absolute atomic E-state index is 13.0. The van der Waals surface area contributed by atoms with Crippen molar-refractivity contribution in [1.82, 2.24) is 0 Å². The second kappa shape index (κ2) is 2.95. The summed E-state index contributed by atoms with van der Waals surface area (Å²) in [4.78, 5) is 0. The highest BCUT2D eigenvalue weighted by Gasteiger charge is 2.47. The Bertz CT molecular complexity index is 401. The molecule has 2 N–H and O–H groups in total. The molecule has 0 aromatic heterocycles. The van der Waals surface area contributed by atoms with Crippen molar-refractivity contribution < 1.29 is 9.13 Å². The van der Waals surface area contributed by atoms with Crippen LogP contribution in [0.5, 0.6) is 5.75 Å². The number of ether oxygens (including phenoxy) is 1. The van der Waals surface area contributed by atoms with E-state index in [0.29, 0.717) is 18.3 Å². The molecule has 1 heterocycles. The van der Waals surface area contributed by atoms with Crippen molar-refractivity contribution in [3.8, 4) is 5.75 Å². The molecule has 15 heavy (non-hydrogen) atoms. The summed E-state index contributed by atoms with van der Waals surface area (Å²) >= 11 is 0. The molecule has 1 saturated carbocycles. The molecule has 1 atom stereocenters. The Morgan fingerprint density at radius 1 is 1.40 bits per heavy atom. The summed E-state index contributed by atoms with van der Waals surface area (Å²) in [5.74, 6) is 0.793. The SMILES string of the molecule is NC1(C2CCOc3cc(F)ccc32)CC1. The average molecular weight is 207 g/mol. The van der Waals surface area contributed by atoms with Crippen LogP contribution >= 0.6 is 0 Å². The van der Waals surface area contributed by atoms with Gasteiger partial charge in [-0.1, -0.05) is 6.07 Å². The zero-order valence-corrected chi connectivity index (χ0v) is 8.50. The summed E-state index contributed by atoms with van der Waals surface area (Å²) in [7, 11) is 0. The molecule has 1 unspecified atom stereocenters. The zero-order valence-electron chi connectivity index (χ0n) is 8.50. The van der Waals surface area contributed by atoms with E-state index in [1.54, 1.807) is 0 Å². The molecule has 1 fully saturated rings. The molecule has 0 bridgehead atoms. The van der Waals surface area contributed by atoms with E-state index < -0.39 is 0 Å². The minimum absolute atomic E-state index is 0.0453. The van der Waals surface area contributed by atoms with E-state index in [4.69, 9.17) is 10.5 Å². The molecule has 1 aromatic rings. The lowest BCUT2D eigenvalue weighted by molar-refractivity contribution is 0.250. The molecule has 0 amide bonds. The van der Waals surface area contributed by atoms with Crippen molar-refractivity contribution in [2.45, 2.75) is 30.7 Å². The van der Waals surface area contributed by atoms with Crippen LogP contribution in [0.25, 0.3) is 0 Å². The molecule has 0 radical (unpaired) electrons. The van der Waals surface area contributed by atoms with Crippen molar-refractivity contribution in [1.29, 1.82) is 0 Å². The van der Waals surface area contributed by atoms with Gasteiger partial charge >= 0.3 is 0 Å². The van der Waals surface area contributed by atoms with Gasteiger partial charge in [0.1, 0.15) is 11.6 Å². The number of fused-ring (bicyclic) bond motifs is 1. The van der Waals surface area contributed by atoms with Crippen LogP contribution in [0, 0.1) is 5.82 Å². The molecular formula is C12H14FNO. The minimum Gasteiger partial charge on any atom is -0.493 e. The predicted molar refractivity (Wildman–Crippen MR) is 55.4 cm³/mol. The zero-order chi connectivity index (χ0) is 10.5. The number of halogens is 1. The van der Waals surface area contributed by atoms with Crippen molar-refractivity contribution in [3.63, 3.8) is 0 Å². The third-order valence-corrected chi connectivity index (χ3v) is 3.54. The van der Waals surface area contributed by atoms with Gasteiger partial charge in [0.2, 0.25) is 0 Å². The van der Waals surface area contributed by atoms with Gasteiger partial charge in [-0.25, -0.2) is 4.39 Å². The fourth-order valence-corrected chi connectivity index (χ4v) is 2.45. The first-order chi connectivity index (χ1) is 7.19. The first kappa shape index (κ1) is 9.16. The molecule has 2 aliphatic rings. The number of rotatable bonds is 1. The Morgan fingerprint density at radius 2 is 2.20 bits per heavy atom. The molecule has 3 heteroatoms. The quantitative estimate of drug-likeness (QED) is 0.766. The number of nitrogens with two attached hydrogens (primary N) is 1. The van der Waals surface area contributed by atoms with Crippen LogP contribution in [0.2, 0.25) is 0 Å². The smallest absolute Gasteiger partial charge is 0.126 e. The van der Waals surface area contributed by atoms with Gasteiger partial charge < -0.3 is 10.5 Å². The van der Waals surface area contributed by atoms with Crippen LogP contribution in [0.3, 0.4) is 0 Å². The average Bonchev–Trinajstić information content (AvgIpc) is 2.96. The highest BCUT2D eigenvalue weighted by atomic mass is 19.1. The van der Waals surface area contributed by atoms with E-state index in [1.165, 1.54) is 12.1 Å². The maximum Gasteiger partial charge on any atom is 0.126 e.